The molecular formula is C14H13ClF3N3O. The van der Waals surface area contributed by atoms with Crippen LogP contribution in [0.3, 0.4) is 0 Å². The van der Waals surface area contributed by atoms with Crippen molar-refractivity contribution in [2.24, 2.45) is 0 Å². The minimum absolute atomic E-state index is 0.0848. The maximum atomic E-state index is 13.3. The van der Waals surface area contributed by atoms with Crippen LogP contribution < -0.4 is 0 Å². The van der Waals surface area contributed by atoms with Crippen LogP contribution in [0.25, 0.3) is 0 Å². The summed E-state index contributed by atoms with van der Waals surface area (Å²) in [5.74, 6) is -4.27. The summed E-state index contributed by atoms with van der Waals surface area (Å²) < 4.78 is 40.6. The standard InChI is InChI=1S/C14H13ClF3N3O/c15-14-19-2-3-20(14)8-21(22)4-1-9(7-21)10-5-11(16)13(18)12(17)6-10/h2-3,5-6,9H,1,4,7-8H2. The van der Waals surface area contributed by atoms with Crippen molar-refractivity contribution >= 4 is 11.6 Å². The van der Waals surface area contributed by atoms with Crippen molar-refractivity contribution in [1.29, 1.82) is 0 Å². The highest BCUT2D eigenvalue weighted by atomic mass is 35.5. The van der Waals surface area contributed by atoms with Gasteiger partial charge in [0.2, 0.25) is 5.28 Å². The molecule has 4 nitrogen and oxygen atoms in total. The molecule has 2 aromatic rings. The van der Waals surface area contributed by atoms with Crippen molar-refractivity contribution in [3.63, 3.8) is 0 Å². The van der Waals surface area contributed by atoms with E-state index >= 15 is 0 Å². The summed E-state index contributed by atoms with van der Waals surface area (Å²) in [5, 5.41) is 12.9. The van der Waals surface area contributed by atoms with Crippen molar-refractivity contribution in [1.82, 2.24) is 9.55 Å². The second-order valence-corrected chi connectivity index (χ2v) is 5.89. The van der Waals surface area contributed by atoms with E-state index in [0.29, 0.717) is 18.5 Å². The molecule has 1 saturated heterocycles. The molecule has 0 spiro atoms. The zero-order chi connectivity index (χ0) is 15.9. The van der Waals surface area contributed by atoms with E-state index in [1.54, 1.807) is 6.20 Å². The predicted molar refractivity (Wildman–Crippen MR) is 74.3 cm³/mol. The Bertz CT molecular complexity index is 685. The Balaban J connectivity index is 1.78. The lowest BCUT2D eigenvalue weighted by atomic mass is 9.98. The average Bonchev–Trinajstić information content (AvgIpc) is 3.03. The third kappa shape index (κ3) is 2.84. The molecule has 0 aliphatic carbocycles. The van der Waals surface area contributed by atoms with Crippen LogP contribution in [0, 0.1) is 22.7 Å². The van der Waals surface area contributed by atoms with Crippen LogP contribution in [0.2, 0.25) is 5.28 Å². The second-order valence-electron chi connectivity index (χ2n) is 5.56. The normalized spacial score (nSPS) is 24.9. The van der Waals surface area contributed by atoms with Gasteiger partial charge in [-0.05, 0) is 29.3 Å². The zero-order valence-electron chi connectivity index (χ0n) is 11.5. The topological polar surface area (TPSA) is 40.9 Å². The molecule has 2 atom stereocenters. The molecule has 1 aliphatic heterocycles. The molecule has 0 saturated carbocycles. The lowest BCUT2D eigenvalue weighted by molar-refractivity contribution is -0.891. The van der Waals surface area contributed by atoms with E-state index in [4.69, 9.17) is 11.6 Å². The number of imidazole rings is 1. The molecule has 118 valence electrons. The Morgan fingerprint density at radius 2 is 2.00 bits per heavy atom. The maximum absolute atomic E-state index is 13.3. The molecular weight excluding hydrogens is 319 g/mol. The lowest BCUT2D eigenvalue weighted by Crippen LogP contribution is -2.40. The SMILES string of the molecule is [O-][N+]1(Cn2ccnc2Cl)CCC(c2cc(F)c(F)c(F)c2)C1. The van der Waals surface area contributed by atoms with Gasteiger partial charge in [0.15, 0.2) is 24.1 Å². The third-order valence-electron chi connectivity index (χ3n) is 3.99. The highest BCUT2D eigenvalue weighted by molar-refractivity contribution is 6.28. The number of quaternary nitrogens is 1. The van der Waals surface area contributed by atoms with E-state index in [1.165, 1.54) is 10.8 Å². The van der Waals surface area contributed by atoms with E-state index < -0.39 is 22.1 Å². The Morgan fingerprint density at radius 3 is 2.59 bits per heavy atom. The van der Waals surface area contributed by atoms with Gasteiger partial charge in [0.25, 0.3) is 0 Å². The summed E-state index contributed by atoms with van der Waals surface area (Å²) in [6, 6.07) is 1.92. The van der Waals surface area contributed by atoms with Gasteiger partial charge in [-0.2, -0.15) is 0 Å². The van der Waals surface area contributed by atoms with E-state index in [2.05, 4.69) is 4.98 Å². The molecule has 2 unspecified atom stereocenters. The van der Waals surface area contributed by atoms with E-state index in [0.717, 1.165) is 12.1 Å². The van der Waals surface area contributed by atoms with Crippen LogP contribution in [-0.2, 0) is 6.67 Å². The Labute approximate surface area is 129 Å². The summed E-state index contributed by atoms with van der Waals surface area (Å²) in [6.07, 6.45) is 3.57. The van der Waals surface area contributed by atoms with Gasteiger partial charge in [0, 0.05) is 24.7 Å². The fourth-order valence-corrected chi connectivity index (χ4v) is 3.05. The van der Waals surface area contributed by atoms with Gasteiger partial charge in [-0.25, -0.2) is 18.2 Å². The number of hydrogen-bond acceptors (Lipinski definition) is 2. The third-order valence-corrected chi connectivity index (χ3v) is 4.31. The van der Waals surface area contributed by atoms with Gasteiger partial charge >= 0.3 is 0 Å². The first-order chi connectivity index (χ1) is 10.4. The largest absolute Gasteiger partial charge is 0.631 e. The highest BCUT2D eigenvalue weighted by Gasteiger charge is 2.34. The van der Waals surface area contributed by atoms with Crippen LogP contribution in [0.4, 0.5) is 13.2 Å². The molecule has 0 N–H and O–H groups in total. The Morgan fingerprint density at radius 1 is 1.32 bits per heavy atom. The van der Waals surface area contributed by atoms with Gasteiger partial charge in [0.1, 0.15) is 0 Å². The molecule has 2 heterocycles. The van der Waals surface area contributed by atoms with Gasteiger partial charge in [-0.3, -0.25) is 4.57 Å². The molecule has 1 aromatic carbocycles. The number of benzene rings is 1. The monoisotopic (exact) mass is 331 g/mol. The van der Waals surface area contributed by atoms with Crippen LogP contribution in [0.5, 0.6) is 0 Å². The van der Waals surface area contributed by atoms with Crippen LogP contribution in [-0.4, -0.2) is 27.3 Å². The van der Waals surface area contributed by atoms with Gasteiger partial charge in [0.05, 0.1) is 13.1 Å². The maximum Gasteiger partial charge on any atom is 0.207 e. The molecule has 8 heteroatoms. The van der Waals surface area contributed by atoms with Crippen molar-refractivity contribution in [2.45, 2.75) is 19.0 Å². The fraction of sp³-hybridized carbons (Fsp3) is 0.357. The average molecular weight is 332 g/mol. The first-order valence-electron chi connectivity index (χ1n) is 6.76. The number of likely N-dealkylation sites (tertiary alicyclic amines) is 1. The molecule has 1 aliphatic rings. The van der Waals surface area contributed by atoms with E-state index in [9.17, 15) is 18.4 Å². The van der Waals surface area contributed by atoms with Crippen molar-refractivity contribution in [2.75, 3.05) is 13.1 Å². The Hall–Kier alpha value is -1.57. The predicted octanol–water partition coefficient (Wildman–Crippen LogP) is 3.41. The number of hydrogen-bond donors (Lipinski definition) is 0. The molecule has 1 fully saturated rings. The number of aromatic nitrogens is 2. The highest BCUT2D eigenvalue weighted by Crippen LogP contribution is 2.34. The smallest absolute Gasteiger partial charge is 0.207 e. The molecule has 22 heavy (non-hydrogen) atoms. The molecule has 0 radical (unpaired) electrons. The number of hydroxylamine groups is 3. The summed E-state index contributed by atoms with van der Waals surface area (Å²) in [5.41, 5.74) is 0.309. The second kappa shape index (κ2) is 5.57. The fourth-order valence-electron chi connectivity index (χ4n) is 2.88. The number of nitrogens with zero attached hydrogens (tertiary/aromatic N) is 3. The van der Waals surface area contributed by atoms with E-state index in [-0.39, 0.29) is 24.4 Å². The number of halogens is 4. The van der Waals surface area contributed by atoms with Gasteiger partial charge in [-0.1, -0.05) is 0 Å². The molecule has 0 bridgehead atoms. The van der Waals surface area contributed by atoms with Crippen molar-refractivity contribution in [3.05, 3.63) is 58.0 Å². The van der Waals surface area contributed by atoms with Gasteiger partial charge in [-0.15, -0.1) is 0 Å². The van der Waals surface area contributed by atoms with Crippen LogP contribution >= 0.6 is 11.6 Å². The summed E-state index contributed by atoms with van der Waals surface area (Å²) in [4.78, 5) is 3.84. The zero-order valence-corrected chi connectivity index (χ0v) is 12.2. The van der Waals surface area contributed by atoms with E-state index in [1.807, 2.05) is 0 Å². The van der Waals surface area contributed by atoms with Crippen molar-refractivity contribution < 1.29 is 17.8 Å². The molecule has 3 rings (SSSR count). The molecule has 1 aromatic heterocycles. The van der Waals surface area contributed by atoms with Gasteiger partial charge < -0.3 is 9.85 Å². The molecule has 0 amide bonds. The minimum Gasteiger partial charge on any atom is -0.631 e. The lowest BCUT2D eigenvalue weighted by Gasteiger charge is -2.38. The summed E-state index contributed by atoms with van der Waals surface area (Å²) in [6.45, 7) is 0.528. The minimum atomic E-state index is -1.49. The van der Waals surface area contributed by atoms with Crippen molar-refractivity contribution in [3.8, 4) is 0 Å². The summed E-state index contributed by atoms with van der Waals surface area (Å²) >= 11 is 5.85. The first kappa shape index (κ1) is 15.3. The first-order valence-corrected chi connectivity index (χ1v) is 7.14. The Kier molecular flexibility index (Phi) is 3.88. The quantitative estimate of drug-likeness (QED) is 0.491. The number of rotatable bonds is 3. The van der Waals surface area contributed by atoms with Crippen LogP contribution in [0.15, 0.2) is 24.5 Å². The summed E-state index contributed by atoms with van der Waals surface area (Å²) in [7, 11) is 0. The van der Waals surface area contributed by atoms with Crippen LogP contribution in [0.1, 0.15) is 17.9 Å².